The Hall–Kier alpha value is -3.00. The van der Waals surface area contributed by atoms with Crippen LogP contribution in [0.1, 0.15) is 53.2 Å². The molecule has 1 fully saturated rings. The Balaban J connectivity index is 1.70. The highest BCUT2D eigenvalue weighted by Crippen LogP contribution is 2.26. The van der Waals surface area contributed by atoms with E-state index >= 15 is 0 Å². The van der Waals surface area contributed by atoms with Gasteiger partial charge in [-0.3, -0.25) is 4.90 Å². The fraction of sp³-hybridized carbons (Fsp3) is 0.500. The standard InChI is InChI=1S/C24H34N4O4/c1-5-25-24(26-15-20-14-21(17(2)32-20)23(29)31-4)27-16-22(28-12-6-7-13-28)18-8-10-19(30-3)11-9-18/h8-11,14,22H,5-7,12-13,15-16H2,1-4H3,(H2,25,26,27). The molecule has 0 spiro atoms. The van der Waals surface area contributed by atoms with Crippen molar-refractivity contribution >= 4 is 11.9 Å². The van der Waals surface area contributed by atoms with Crippen LogP contribution in [0.2, 0.25) is 0 Å². The largest absolute Gasteiger partial charge is 0.497 e. The van der Waals surface area contributed by atoms with Crippen LogP contribution in [0, 0.1) is 6.92 Å². The maximum atomic E-state index is 11.8. The molecule has 2 heterocycles. The molecule has 0 aliphatic carbocycles. The number of nitrogens with zero attached hydrogens (tertiary/aromatic N) is 2. The number of carbonyl (C=O) groups excluding carboxylic acids is 1. The molecule has 1 aliphatic rings. The van der Waals surface area contributed by atoms with E-state index in [0.717, 1.165) is 31.9 Å². The van der Waals surface area contributed by atoms with Crippen LogP contribution >= 0.6 is 0 Å². The summed E-state index contributed by atoms with van der Waals surface area (Å²) in [5.74, 6) is 2.31. The average Bonchev–Trinajstić information content (AvgIpc) is 3.47. The first-order valence-electron chi connectivity index (χ1n) is 11.1. The number of aliphatic imine (C=N–C) groups is 1. The van der Waals surface area contributed by atoms with Crippen molar-refractivity contribution in [3.8, 4) is 5.75 Å². The van der Waals surface area contributed by atoms with Gasteiger partial charge in [0.2, 0.25) is 0 Å². The summed E-state index contributed by atoms with van der Waals surface area (Å²) in [5, 5.41) is 6.77. The summed E-state index contributed by atoms with van der Waals surface area (Å²) in [5.41, 5.74) is 1.68. The first-order valence-corrected chi connectivity index (χ1v) is 11.1. The van der Waals surface area contributed by atoms with E-state index in [9.17, 15) is 4.79 Å². The van der Waals surface area contributed by atoms with Crippen LogP contribution in [0.4, 0.5) is 0 Å². The second-order valence-electron chi connectivity index (χ2n) is 7.78. The molecule has 1 aliphatic heterocycles. The van der Waals surface area contributed by atoms with E-state index in [1.807, 2.05) is 19.1 Å². The number of carbonyl (C=O) groups is 1. The smallest absolute Gasteiger partial charge is 0.341 e. The normalized spacial score (nSPS) is 15.4. The van der Waals surface area contributed by atoms with Gasteiger partial charge in [-0.15, -0.1) is 0 Å². The maximum Gasteiger partial charge on any atom is 0.341 e. The van der Waals surface area contributed by atoms with Gasteiger partial charge in [0.1, 0.15) is 29.4 Å². The topological polar surface area (TPSA) is 88.3 Å². The zero-order valence-electron chi connectivity index (χ0n) is 19.4. The van der Waals surface area contributed by atoms with Crippen LogP contribution in [-0.2, 0) is 11.3 Å². The van der Waals surface area contributed by atoms with Gasteiger partial charge in [-0.1, -0.05) is 12.1 Å². The molecule has 1 unspecified atom stereocenters. The number of hydrogen-bond acceptors (Lipinski definition) is 6. The van der Waals surface area contributed by atoms with Crippen molar-refractivity contribution in [2.45, 2.75) is 39.3 Å². The van der Waals surface area contributed by atoms with Gasteiger partial charge >= 0.3 is 5.97 Å². The molecule has 3 rings (SSSR count). The second kappa shape index (κ2) is 11.6. The zero-order chi connectivity index (χ0) is 22.9. The molecule has 1 atom stereocenters. The number of rotatable bonds is 9. The molecule has 2 aromatic rings. The highest BCUT2D eigenvalue weighted by Gasteiger charge is 2.24. The van der Waals surface area contributed by atoms with Crippen LogP contribution in [0.3, 0.4) is 0 Å². The lowest BCUT2D eigenvalue weighted by atomic mass is 10.1. The first kappa shape index (κ1) is 23.7. The molecule has 32 heavy (non-hydrogen) atoms. The summed E-state index contributed by atoms with van der Waals surface area (Å²) in [6, 6.07) is 10.2. The minimum atomic E-state index is -0.403. The summed E-state index contributed by atoms with van der Waals surface area (Å²) in [6.45, 7) is 7.76. The van der Waals surface area contributed by atoms with Crippen molar-refractivity contribution in [1.82, 2.24) is 15.5 Å². The molecule has 0 radical (unpaired) electrons. The highest BCUT2D eigenvalue weighted by atomic mass is 16.5. The van der Waals surface area contributed by atoms with Gasteiger partial charge < -0.3 is 24.5 Å². The van der Waals surface area contributed by atoms with Crippen molar-refractivity contribution in [1.29, 1.82) is 0 Å². The predicted octanol–water partition coefficient (Wildman–Crippen LogP) is 3.28. The minimum Gasteiger partial charge on any atom is -0.497 e. The van der Waals surface area contributed by atoms with Crippen molar-refractivity contribution in [2.75, 3.05) is 40.4 Å². The van der Waals surface area contributed by atoms with Crippen molar-refractivity contribution in [2.24, 2.45) is 4.99 Å². The number of likely N-dealkylation sites (tertiary alicyclic amines) is 1. The third-order valence-electron chi connectivity index (χ3n) is 5.66. The van der Waals surface area contributed by atoms with E-state index in [1.165, 1.54) is 25.5 Å². The van der Waals surface area contributed by atoms with E-state index in [0.29, 0.717) is 29.6 Å². The Morgan fingerprint density at radius 3 is 2.53 bits per heavy atom. The van der Waals surface area contributed by atoms with Crippen LogP contribution < -0.4 is 15.4 Å². The number of methoxy groups -OCH3 is 2. The van der Waals surface area contributed by atoms with Crippen LogP contribution in [-0.4, -0.2) is 57.2 Å². The number of esters is 1. The Morgan fingerprint density at radius 1 is 1.19 bits per heavy atom. The lowest BCUT2D eigenvalue weighted by molar-refractivity contribution is 0.0599. The molecule has 1 aromatic carbocycles. The van der Waals surface area contributed by atoms with Gasteiger partial charge in [-0.25, -0.2) is 9.79 Å². The van der Waals surface area contributed by atoms with Gasteiger partial charge in [0.05, 0.1) is 20.3 Å². The number of hydrogen-bond donors (Lipinski definition) is 2. The van der Waals surface area contributed by atoms with E-state index < -0.39 is 5.97 Å². The van der Waals surface area contributed by atoms with Crippen molar-refractivity contribution < 1.29 is 18.7 Å². The molecule has 174 valence electrons. The van der Waals surface area contributed by atoms with E-state index in [1.54, 1.807) is 20.1 Å². The average molecular weight is 443 g/mol. The zero-order valence-corrected chi connectivity index (χ0v) is 19.4. The molecule has 1 saturated heterocycles. The SMILES string of the molecule is CCNC(=NCc1cc(C(=O)OC)c(C)o1)NCC(c1ccc(OC)cc1)N1CCCC1. The monoisotopic (exact) mass is 442 g/mol. The fourth-order valence-electron chi connectivity index (χ4n) is 3.96. The Bertz CT molecular complexity index is 901. The Labute approximate surface area is 190 Å². The van der Waals surface area contributed by atoms with Gasteiger partial charge in [0, 0.05) is 13.1 Å². The lowest BCUT2D eigenvalue weighted by Crippen LogP contribution is -2.42. The van der Waals surface area contributed by atoms with Crippen LogP contribution in [0.25, 0.3) is 0 Å². The quantitative estimate of drug-likeness (QED) is 0.350. The number of furan rings is 1. The molecule has 1 aromatic heterocycles. The van der Waals surface area contributed by atoms with E-state index in [2.05, 4.69) is 32.7 Å². The third kappa shape index (κ3) is 6.03. The lowest BCUT2D eigenvalue weighted by Gasteiger charge is -2.29. The maximum absolute atomic E-state index is 11.8. The summed E-state index contributed by atoms with van der Waals surface area (Å²) >= 11 is 0. The summed E-state index contributed by atoms with van der Waals surface area (Å²) in [4.78, 5) is 19.0. The molecule has 2 N–H and O–H groups in total. The summed E-state index contributed by atoms with van der Waals surface area (Å²) < 4.78 is 15.8. The summed E-state index contributed by atoms with van der Waals surface area (Å²) in [7, 11) is 3.04. The van der Waals surface area contributed by atoms with Gasteiger partial charge in [0.25, 0.3) is 0 Å². The van der Waals surface area contributed by atoms with E-state index in [4.69, 9.17) is 13.9 Å². The second-order valence-corrected chi connectivity index (χ2v) is 7.78. The molecule has 0 amide bonds. The van der Waals surface area contributed by atoms with Crippen LogP contribution in [0.15, 0.2) is 39.7 Å². The van der Waals surface area contributed by atoms with Crippen molar-refractivity contribution in [3.05, 3.63) is 53.0 Å². The number of ether oxygens (including phenoxy) is 2. The summed E-state index contributed by atoms with van der Waals surface area (Å²) in [6.07, 6.45) is 2.45. The molecular weight excluding hydrogens is 408 g/mol. The fourth-order valence-corrected chi connectivity index (χ4v) is 3.96. The van der Waals surface area contributed by atoms with Crippen molar-refractivity contribution in [3.63, 3.8) is 0 Å². The van der Waals surface area contributed by atoms with Crippen LogP contribution in [0.5, 0.6) is 5.75 Å². The molecule has 8 heteroatoms. The highest BCUT2D eigenvalue weighted by molar-refractivity contribution is 5.90. The Morgan fingerprint density at radius 2 is 1.91 bits per heavy atom. The number of aryl methyl sites for hydroxylation is 1. The Kier molecular flexibility index (Phi) is 8.56. The molecule has 0 saturated carbocycles. The molecule has 8 nitrogen and oxygen atoms in total. The van der Waals surface area contributed by atoms with Gasteiger partial charge in [0.15, 0.2) is 5.96 Å². The van der Waals surface area contributed by atoms with Gasteiger partial charge in [-0.05, 0) is 63.5 Å². The predicted molar refractivity (Wildman–Crippen MR) is 124 cm³/mol. The number of benzene rings is 1. The molecular formula is C24H34N4O4. The number of guanidine groups is 1. The molecule has 0 bridgehead atoms. The number of nitrogens with one attached hydrogen (secondary N) is 2. The minimum absolute atomic E-state index is 0.240. The van der Waals surface area contributed by atoms with Gasteiger partial charge in [-0.2, -0.15) is 0 Å². The first-order chi connectivity index (χ1) is 15.5. The van der Waals surface area contributed by atoms with E-state index in [-0.39, 0.29) is 6.04 Å². The third-order valence-corrected chi connectivity index (χ3v) is 5.66.